The first kappa shape index (κ1) is 13.5. The van der Waals surface area contributed by atoms with E-state index in [1.807, 2.05) is 36.4 Å². The molecule has 1 N–H and O–H groups in total. The summed E-state index contributed by atoms with van der Waals surface area (Å²) in [4.78, 5) is 12.8. The Hall–Kier alpha value is -3.15. The molecule has 0 unspecified atom stereocenters. The highest BCUT2D eigenvalue weighted by Crippen LogP contribution is 2.30. The molecule has 4 rings (SSSR count). The fourth-order valence-electron chi connectivity index (χ4n) is 2.47. The number of nitrogens with one attached hydrogen (secondary N) is 1. The summed E-state index contributed by atoms with van der Waals surface area (Å²) in [5, 5.41) is 4.26. The maximum absolute atomic E-state index is 5.89. The number of furan rings is 1. The van der Waals surface area contributed by atoms with Gasteiger partial charge in [-0.05, 0) is 17.7 Å². The number of methoxy groups -OCH3 is 1. The van der Waals surface area contributed by atoms with Crippen molar-refractivity contribution in [3.63, 3.8) is 0 Å². The Bertz CT molecular complexity index is 963. The molecule has 23 heavy (non-hydrogen) atoms. The lowest BCUT2D eigenvalue weighted by molar-refractivity contribution is 0.397. The van der Waals surface area contributed by atoms with Gasteiger partial charge in [-0.1, -0.05) is 18.2 Å². The van der Waals surface area contributed by atoms with E-state index in [1.165, 1.54) is 0 Å². The molecule has 0 atom stereocenters. The fourth-order valence-corrected chi connectivity index (χ4v) is 2.47. The molecule has 0 aliphatic heterocycles. The first-order chi connectivity index (χ1) is 11.3. The highest BCUT2D eigenvalue weighted by atomic mass is 16.5. The second-order valence-electron chi connectivity index (χ2n) is 5.06. The third-order valence-corrected chi connectivity index (χ3v) is 3.62. The summed E-state index contributed by atoms with van der Waals surface area (Å²) in [7, 11) is 1.60. The molecule has 0 saturated heterocycles. The predicted molar refractivity (Wildman–Crippen MR) is 87.4 cm³/mol. The Balaban J connectivity index is 1.65. The minimum absolute atomic E-state index is 0.583. The van der Waals surface area contributed by atoms with Gasteiger partial charge in [0.05, 0.1) is 7.11 Å². The van der Waals surface area contributed by atoms with Crippen LogP contribution in [0.3, 0.4) is 0 Å². The van der Waals surface area contributed by atoms with Gasteiger partial charge in [0.1, 0.15) is 17.4 Å². The summed E-state index contributed by atoms with van der Waals surface area (Å²) >= 11 is 0. The number of hydrogen-bond donors (Lipinski definition) is 1. The van der Waals surface area contributed by atoms with Gasteiger partial charge >= 0.3 is 0 Å². The molecule has 0 fully saturated rings. The Morgan fingerprint density at radius 3 is 2.83 bits per heavy atom. The van der Waals surface area contributed by atoms with E-state index in [-0.39, 0.29) is 0 Å². The van der Waals surface area contributed by atoms with Gasteiger partial charge in [0, 0.05) is 24.2 Å². The summed E-state index contributed by atoms with van der Waals surface area (Å²) in [6, 6.07) is 11.6. The minimum atomic E-state index is 0.583. The third kappa shape index (κ3) is 2.44. The smallest absolute Gasteiger partial charge is 0.212 e. The molecular weight excluding hydrogens is 292 g/mol. The zero-order valence-electron chi connectivity index (χ0n) is 12.5. The molecule has 0 aliphatic carbocycles. The number of aromatic nitrogens is 3. The molecule has 114 valence electrons. The molecule has 6 heteroatoms. The van der Waals surface area contributed by atoms with Gasteiger partial charge in [0.15, 0.2) is 11.4 Å². The number of fused-ring (bicyclic) bond motifs is 3. The SMILES string of the molecule is COc1ccc(CNc2ncnc3c2oc2ccccc23)cn1. The van der Waals surface area contributed by atoms with Gasteiger partial charge in [-0.3, -0.25) is 0 Å². The van der Waals surface area contributed by atoms with Crippen LogP contribution < -0.4 is 10.1 Å². The normalized spacial score (nSPS) is 11.0. The molecule has 3 heterocycles. The molecule has 0 radical (unpaired) electrons. The average Bonchev–Trinajstić information content (AvgIpc) is 3.00. The first-order valence-electron chi connectivity index (χ1n) is 7.20. The number of hydrogen-bond acceptors (Lipinski definition) is 6. The second-order valence-corrected chi connectivity index (χ2v) is 5.06. The predicted octanol–water partition coefficient (Wildman–Crippen LogP) is 3.39. The van der Waals surface area contributed by atoms with Crippen molar-refractivity contribution >= 4 is 27.9 Å². The van der Waals surface area contributed by atoms with Crippen LogP contribution in [0.5, 0.6) is 5.88 Å². The lowest BCUT2D eigenvalue weighted by Gasteiger charge is -2.06. The van der Waals surface area contributed by atoms with Crippen molar-refractivity contribution in [2.45, 2.75) is 6.54 Å². The van der Waals surface area contributed by atoms with Crippen molar-refractivity contribution in [2.75, 3.05) is 12.4 Å². The van der Waals surface area contributed by atoms with E-state index in [4.69, 9.17) is 9.15 Å². The van der Waals surface area contributed by atoms with Crippen molar-refractivity contribution in [3.05, 3.63) is 54.5 Å². The van der Waals surface area contributed by atoms with Crippen molar-refractivity contribution < 1.29 is 9.15 Å². The average molecular weight is 306 g/mol. The highest BCUT2D eigenvalue weighted by molar-refractivity contribution is 6.05. The number of ether oxygens (including phenoxy) is 1. The maximum Gasteiger partial charge on any atom is 0.212 e. The summed E-state index contributed by atoms with van der Waals surface area (Å²) < 4.78 is 10.9. The van der Waals surface area contributed by atoms with Crippen LogP contribution in [0.15, 0.2) is 53.3 Å². The Labute approximate surface area is 132 Å². The minimum Gasteiger partial charge on any atom is -0.481 e. The van der Waals surface area contributed by atoms with Crippen LogP contribution >= 0.6 is 0 Å². The van der Waals surface area contributed by atoms with E-state index in [9.17, 15) is 0 Å². The van der Waals surface area contributed by atoms with Gasteiger partial charge in [-0.25, -0.2) is 15.0 Å². The monoisotopic (exact) mass is 306 g/mol. The third-order valence-electron chi connectivity index (χ3n) is 3.62. The van der Waals surface area contributed by atoms with Crippen LogP contribution in [-0.4, -0.2) is 22.1 Å². The van der Waals surface area contributed by atoms with Gasteiger partial charge in [-0.2, -0.15) is 0 Å². The topological polar surface area (TPSA) is 73.1 Å². The highest BCUT2D eigenvalue weighted by Gasteiger charge is 2.12. The van der Waals surface area contributed by atoms with Gasteiger partial charge in [0.25, 0.3) is 0 Å². The van der Waals surface area contributed by atoms with E-state index in [0.29, 0.717) is 23.8 Å². The molecule has 3 aromatic heterocycles. The Morgan fingerprint density at radius 2 is 2.00 bits per heavy atom. The fraction of sp³-hybridized carbons (Fsp3) is 0.118. The van der Waals surface area contributed by atoms with E-state index < -0.39 is 0 Å². The van der Waals surface area contributed by atoms with Crippen LogP contribution in [0, 0.1) is 0 Å². The Kier molecular flexibility index (Phi) is 3.27. The number of pyridine rings is 1. The van der Waals surface area contributed by atoms with Gasteiger partial charge < -0.3 is 14.5 Å². The molecule has 4 aromatic rings. The van der Waals surface area contributed by atoms with Crippen LogP contribution in [-0.2, 0) is 6.54 Å². The van der Waals surface area contributed by atoms with E-state index in [0.717, 1.165) is 22.0 Å². The van der Waals surface area contributed by atoms with Crippen LogP contribution in [0.2, 0.25) is 0 Å². The van der Waals surface area contributed by atoms with E-state index in [2.05, 4.69) is 20.3 Å². The van der Waals surface area contributed by atoms with Crippen molar-refractivity contribution in [1.82, 2.24) is 15.0 Å². The van der Waals surface area contributed by atoms with Crippen molar-refractivity contribution in [2.24, 2.45) is 0 Å². The largest absolute Gasteiger partial charge is 0.481 e. The maximum atomic E-state index is 5.89. The van der Waals surface area contributed by atoms with Crippen molar-refractivity contribution in [3.8, 4) is 5.88 Å². The summed E-state index contributed by atoms with van der Waals surface area (Å²) in [5.74, 6) is 1.26. The quantitative estimate of drug-likeness (QED) is 0.623. The lowest BCUT2D eigenvalue weighted by atomic mass is 10.2. The number of anilines is 1. The number of benzene rings is 1. The molecule has 0 bridgehead atoms. The number of rotatable bonds is 4. The molecular formula is C17H14N4O2. The van der Waals surface area contributed by atoms with Crippen LogP contribution in [0.25, 0.3) is 22.1 Å². The number of nitrogens with zero attached hydrogens (tertiary/aromatic N) is 3. The van der Waals surface area contributed by atoms with Crippen molar-refractivity contribution in [1.29, 1.82) is 0 Å². The molecule has 0 spiro atoms. The Morgan fingerprint density at radius 1 is 1.09 bits per heavy atom. The summed E-state index contributed by atoms with van der Waals surface area (Å²) in [6.07, 6.45) is 3.31. The molecule has 0 aliphatic rings. The summed E-state index contributed by atoms with van der Waals surface area (Å²) in [6.45, 7) is 0.583. The first-order valence-corrected chi connectivity index (χ1v) is 7.20. The number of para-hydroxylation sites is 1. The van der Waals surface area contributed by atoms with Gasteiger partial charge in [0.2, 0.25) is 5.88 Å². The van der Waals surface area contributed by atoms with Crippen LogP contribution in [0.4, 0.5) is 5.82 Å². The van der Waals surface area contributed by atoms with E-state index >= 15 is 0 Å². The second kappa shape index (κ2) is 5.57. The molecule has 0 saturated carbocycles. The lowest BCUT2D eigenvalue weighted by Crippen LogP contribution is -2.02. The molecule has 0 amide bonds. The van der Waals surface area contributed by atoms with Crippen LogP contribution in [0.1, 0.15) is 5.56 Å². The summed E-state index contributed by atoms with van der Waals surface area (Å²) in [5.41, 5.74) is 3.30. The molecule has 1 aromatic carbocycles. The zero-order chi connectivity index (χ0) is 15.6. The zero-order valence-corrected chi connectivity index (χ0v) is 12.5. The standard InChI is InChI=1S/C17H14N4O2/c1-22-14-7-6-11(8-18-14)9-19-17-16-15(20-10-21-17)12-4-2-3-5-13(12)23-16/h2-8,10H,9H2,1H3,(H,19,20,21). The molecule has 6 nitrogen and oxygen atoms in total. The van der Waals surface area contributed by atoms with Gasteiger partial charge in [-0.15, -0.1) is 0 Å². The van der Waals surface area contributed by atoms with E-state index in [1.54, 1.807) is 19.6 Å².